The van der Waals surface area contributed by atoms with Crippen LogP contribution in [0.5, 0.6) is 11.5 Å². The number of fused-ring (bicyclic) bond motifs is 1. The van der Waals surface area contributed by atoms with Gasteiger partial charge in [0.05, 0.1) is 13.0 Å². The molecule has 1 aliphatic rings. The van der Waals surface area contributed by atoms with Gasteiger partial charge in [-0.15, -0.1) is 0 Å². The normalized spacial score (nSPS) is 12.4. The predicted molar refractivity (Wildman–Crippen MR) is 120 cm³/mol. The molecule has 3 aromatic carbocycles. The van der Waals surface area contributed by atoms with E-state index in [9.17, 15) is 4.79 Å². The minimum atomic E-state index is -0.0401. The summed E-state index contributed by atoms with van der Waals surface area (Å²) < 4.78 is 10.2. The summed E-state index contributed by atoms with van der Waals surface area (Å²) in [6.07, 6.45) is 4.20. The molecule has 2 heterocycles. The van der Waals surface area contributed by atoms with Crippen LogP contribution in [0.1, 0.15) is 12.2 Å². The Morgan fingerprint density at radius 2 is 1.58 bits per heavy atom. The average molecular weight is 410 g/mol. The number of nitrogens with one attached hydrogen (secondary N) is 1. The molecule has 0 saturated carbocycles. The van der Waals surface area contributed by atoms with E-state index < -0.39 is 0 Å². The Kier molecular flexibility index (Phi) is 5.23. The van der Waals surface area contributed by atoms with E-state index in [1.54, 1.807) is 0 Å². The molecule has 0 unspecified atom stereocenters. The van der Waals surface area contributed by atoms with Gasteiger partial charge in [0.2, 0.25) is 0 Å². The second kappa shape index (κ2) is 8.48. The van der Waals surface area contributed by atoms with Crippen LogP contribution in [0.3, 0.4) is 0 Å². The Hall–Kier alpha value is -3.86. The molecule has 0 fully saturated rings. The Bertz CT molecular complexity index is 1180. The first-order valence-electron chi connectivity index (χ1n) is 10.6. The molecule has 0 atom stereocenters. The van der Waals surface area contributed by atoms with Crippen molar-refractivity contribution in [2.45, 2.75) is 25.9 Å². The number of ether oxygens (including phenoxy) is 1. The highest BCUT2D eigenvalue weighted by atomic mass is 16.5. The zero-order chi connectivity index (χ0) is 21.0. The summed E-state index contributed by atoms with van der Waals surface area (Å²) >= 11 is 0. The van der Waals surface area contributed by atoms with Crippen LogP contribution >= 0.6 is 0 Å². The molecule has 5 rings (SSSR count). The van der Waals surface area contributed by atoms with Gasteiger partial charge in [0.1, 0.15) is 17.7 Å². The maximum absolute atomic E-state index is 12.7. The third kappa shape index (κ3) is 4.21. The van der Waals surface area contributed by atoms with Crippen LogP contribution in [0.2, 0.25) is 0 Å². The third-order valence-corrected chi connectivity index (χ3v) is 5.49. The largest absolute Gasteiger partial charge is 0.457 e. The zero-order valence-corrected chi connectivity index (χ0v) is 17.2. The summed E-state index contributed by atoms with van der Waals surface area (Å²) in [6, 6.07) is 27.4. The lowest BCUT2D eigenvalue weighted by Gasteiger charge is -2.07. The number of nitrogens with zero attached hydrogens (tertiary/aromatic N) is 2. The molecule has 31 heavy (non-hydrogen) atoms. The van der Waals surface area contributed by atoms with Crippen molar-refractivity contribution in [1.82, 2.24) is 4.57 Å². The van der Waals surface area contributed by atoms with Crippen molar-refractivity contribution in [3.8, 4) is 22.8 Å². The summed E-state index contributed by atoms with van der Waals surface area (Å²) in [7, 11) is 0. The highest BCUT2D eigenvalue weighted by molar-refractivity contribution is 5.89. The van der Waals surface area contributed by atoms with Gasteiger partial charge in [-0.2, -0.15) is 0 Å². The number of carbonyl (C=O) groups excluding carboxylic acids is 1. The van der Waals surface area contributed by atoms with Gasteiger partial charge in [0.25, 0.3) is 11.7 Å². The highest BCUT2D eigenvalue weighted by Crippen LogP contribution is 2.25. The van der Waals surface area contributed by atoms with Gasteiger partial charge in [-0.05, 0) is 42.8 Å². The zero-order valence-electron chi connectivity index (χ0n) is 17.2. The fourth-order valence-electron chi connectivity index (χ4n) is 4.07. The van der Waals surface area contributed by atoms with Crippen molar-refractivity contribution in [1.29, 1.82) is 0 Å². The summed E-state index contributed by atoms with van der Waals surface area (Å²) in [4.78, 5) is 12.7. The van der Waals surface area contributed by atoms with Crippen molar-refractivity contribution in [3.63, 3.8) is 0 Å². The molecule has 5 nitrogen and oxygen atoms in total. The Balaban J connectivity index is 1.27. The fraction of sp³-hybridized carbons (Fsp3) is 0.154. The van der Waals surface area contributed by atoms with Crippen molar-refractivity contribution in [3.05, 3.63) is 97.0 Å². The van der Waals surface area contributed by atoms with E-state index in [1.807, 2.05) is 72.8 Å². The van der Waals surface area contributed by atoms with Crippen LogP contribution in [0.4, 0.5) is 5.69 Å². The minimum absolute atomic E-state index is 0.0401. The SMILES string of the molecule is O=C(C[n+]1cc(-c2ccccc2)n2c1CCC2)Nc1ccc(Oc2ccccc2)cc1. The maximum Gasteiger partial charge on any atom is 0.266 e. The number of aromatic nitrogens is 2. The van der Waals surface area contributed by atoms with Gasteiger partial charge >= 0.3 is 0 Å². The van der Waals surface area contributed by atoms with E-state index >= 15 is 0 Å². The number of hydrogen-bond acceptors (Lipinski definition) is 2. The van der Waals surface area contributed by atoms with Crippen LogP contribution in [-0.4, -0.2) is 10.5 Å². The molecule has 5 heteroatoms. The minimum Gasteiger partial charge on any atom is -0.457 e. The first-order chi connectivity index (χ1) is 15.3. The second-order valence-corrected chi connectivity index (χ2v) is 7.67. The first kappa shape index (κ1) is 19.1. The molecule has 4 aromatic rings. The quantitative estimate of drug-likeness (QED) is 0.463. The van der Waals surface area contributed by atoms with Crippen LogP contribution in [0.15, 0.2) is 91.1 Å². The summed E-state index contributed by atoms with van der Waals surface area (Å²) in [6.45, 7) is 1.29. The molecule has 0 spiro atoms. The van der Waals surface area contributed by atoms with E-state index in [-0.39, 0.29) is 5.91 Å². The summed E-state index contributed by atoms with van der Waals surface area (Å²) in [5, 5.41) is 3.00. The van der Waals surface area contributed by atoms with Crippen LogP contribution < -0.4 is 14.6 Å². The van der Waals surface area contributed by atoms with E-state index in [1.165, 1.54) is 17.1 Å². The van der Waals surface area contributed by atoms with Crippen molar-refractivity contribution >= 4 is 11.6 Å². The Morgan fingerprint density at radius 1 is 0.903 bits per heavy atom. The first-order valence-corrected chi connectivity index (χ1v) is 10.6. The maximum atomic E-state index is 12.7. The third-order valence-electron chi connectivity index (χ3n) is 5.49. The number of benzene rings is 3. The highest BCUT2D eigenvalue weighted by Gasteiger charge is 2.29. The number of hydrogen-bond donors (Lipinski definition) is 1. The molecule has 0 radical (unpaired) electrons. The van der Waals surface area contributed by atoms with Crippen molar-refractivity contribution < 1.29 is 14.1 Å². The number of amides is 1. The number of imidazole rings is 1. The summed E-state index contributed by atoms with van der Waals surface area (Å²) in [5.74, 6) is 2.69. The molecule has 154 valence electrons. The topological polar surface area (TPSA) is 47.1 Å². The summed E-state index contributed by atoms with van der Waals surface area (Å²) in [5.41, 5.74) is 3.10. The number of anilines is 1. The lowest BCUT2D eigenvalue weighted by Crippen LogP contribution is -2.42. The van der Waals surface area contributed by atoms with Crippen molar-refractivity contribution in [2.24, 2.45) is 0 Å². The molecular formula is C26H24N3O2+. The molecule has 0 aliphatic carbocycles. The molecule has 1 amide bonds. The van der Waals surface area contributed by atoms with Crippen molar-refractivity contribution in [2.75, 3.05) is 5.32 Å². The van der Waals surface area contributed by atoms with Gasteiger partial charge in [-0.25, -0.2) is 9.13 Å². The van der Waals surface area contributed by atoms with E-state index in [0.717, 1.165) is 36.6 Å². The second-order valence-electron chi connectivity index (χ2n) is 7.67. The number of rotatable bonds is 6. The molecule has 1 aromatic heterocycles. The smallest absolute Gasteiger partial charge is 0.266 e. The number of para-hydroxylation sites is 1. The standard InChI is InChI=1S/C26H23N3O2/c30-25(27-21-13-15-23(16-14-21)31-22-10-5-2-6-11-22)19-28-18-24(20-8-3-1-4-9-20)29-17-7-12-26(28)29/h1-6,8-11,13-16,18H,7,12,17,19H2/p+1. The molecule has 1 aliphatic heterocycles. The van der Waals surface area contributed by atoms with E-state index in [2.05, 4.69) is 32.8 Å². The van der Waals surface area contributed by atoms with Crippen LogP contribution in [-0.2, 0) is 24.3 Å². The van der Waals surface area contributed by atoms with E-state index in [0.29, 0.717) is 6.54 Å². The lowest BCUT2D eigenvalue weighted by atomic mass is 10.2. The van der Waals surface area contributed by atoms with Crippen LogP contribution in [0.25, 0.3) is 11.3 Å². The van der Waals surface area contributed by atoms with Gasteiger partial charge < -0.3 is 10.1 Å². The molecule has 1 N–H and O–H groups in total. The van der Waals surface area contributed by atoms with Gasteiger partial charge in [-0.1, -0.05) is 48.5 Å². The monoisotopic (exact) mass is 410 g/mol. The Labute approximate surface area is 181 Å². The van der Waals surface area contributed by atoms with Gasteiger partial charge in [0, 0.05) is 11.3 Å². The molecular weight excluding hydrogens is 386 g/mol. The van der Waals surface area contributed by atoms with E-state index in [4.69, 9.17) is 4.74 Å². The molecule has 0 bridgehead atoms. The predicted octanol–water partition coefficient (Wildman–Crippen LogP) is 4.82. The lowest BCUT2D eigenvalue weighted by molar-refractivity contribution is -0.690. The van der Waals surface area contributed by atoms with Gasteiger partial charge in [-0.3, -0.25) is 4.79 Å². The number of carbonyl (C=O) groups is 1. The van der Waals surface area contributed by atoms with Crippen LogP contribution in [0, 0.1) is 0 Å². The average Bonchev–Trinajstić information content (AvgIpc) is 3.40. The Morgan fingerprint density at radius 3 is 2.32 bits per heavy atom. The van der Waals surface area contributed by atoms with Gasteiger partial charge in [0.15, 0.2) is 12.2 Å². The molecule has 0 saturated heterocycles. The fourth-order valence-corrected chi connectivity index (χ4v) is 4.07.